The minimum Gasteiger partial charge on any atom is -0.432 e. The summed E-state index contributed by atoms with van der Waals surface area (Å²) in [7, 11) is 1.62. The van der Waals surface area contributed by atoms with Crippen LogP contribution in [0.15, 0.2) is 48.5 Å². The molecular weight excluding hydrogens is 404 g/mol. The van der Waals surface area contributed by atoms with Crippen molar-refractivity contribution in [2.45, 2.75) is 56.5 Å². The van der Waals surface area contributed by atoms with Gasteiger partial charge in [-0.15, -0.1) is 0 Å². The van der Waals surface area contributed by atoms with Crippen LogP contribution in [0.4, 0.5) is 4.79 Å². The number of ether oxygens (including phenoxy) is 4. The van der Waals surface area contributed by atoms with Crippen LogP contribution in [-0.2, 0) is 35.2 Å². The van der Waals surface area contributed by atoms with Crippen molar-refractivity contribution < 1.29 is 23.7 Å². The van der Waals surface area contributed by atoms with Crippen molar-refractivity contribution in [2.24, 2.45) is 0 Å². The van der Waals surface area contributed by atoms with Crippen LogP contribution in [0, 0.1) is 0 Å². The number of hydrogen-bond donors (Lipinski definition) is 0. The Hall–Kier alpha value is -2.37. The molecule has 0 aliphatic heterocycles. The van der Waals surface area contributed by atoms with E-state index >= 15 is 0 Å². The first-order valence-corrected chi connectivity index (χ1v) is 11.4. The fraction of sp³-hybridized carbons (Fsp3) is 0.519. The summed E-state index contributed by atoms with van der Waals surface area (Å²) in [5.74, 6) is 0. The molecule has 5 heteroatoms. The zero-order chi connectivity index (χ0) is 23.0. The minimum absolute atomic E-state index is 0.0369. The Morgan fingerprint density at radius 2 is 1.41 bits per heavy atom. The molecule has 0 saturated carbocycles. The Labute approximate surface area is 191 Å². The molecule has 2 aromatic carbocycles. The highest BCUT2D eigenvalue weighted by atomic mass is 16.7. The molecule has 2 atom stereocenters. The van der Waals surface area contributed by atoms with Gasteiger partial charge >= 0.3 is 6.16 Å². The van der Waals surface area contributed by atoms with Gasteiger partial charge in [0.25, 0.3) is 0 Å². The van der Waals surface area contributed by atoms with Gasteiger partial charge in [0.15, 0.2) is 0 Å². The van der Waals surface area contributed by atoms with E-state index in [0.717, 1.165) is 6.42 Å². The van der Waals surface area contributed by atoms with E-state index in [0.29, 0.717) is 19.8 Å². The maximum Gasteiger partial charge on any atom is 0.508 e. The Kier molecular flexibility index (Phi) is 6.08. The van der Waals surface area contributed by atoms with E-state index < -0.39 is 11.6 Å². The van der Waals surface area contributed by atoms with Crippen LogP contribution in [-0.4, -0.2) is 45.8 Å². The van der Waals surface area contributed by atoms with E-state index in [1.54, 1.807) is 7.11 Å². The van der Waals surface area contributed by atoms with E-state index in [1.807, 2.05) is 0 Å². The first kappa shape index (κ1) is 22.8. The molecule has 0 heterocycles. The van der Waals surface area contributed by atoms with Gasteiger partial charge in [-0.3, -0.25) is 0 Å². The molecule has 0 saturated heterocycles. The summed E-state index contributed by atoms with van der Waals surface area (Å²) in [6.07, 6.45) is -0.150. The molecule has 4 rings (SSSR count). The van der Waals surface area contributed by atoms with Gasteiger partial charge in [-0.25, -0.2) is 4.79 Å². The van der Waals surface area contributed by atoms with E-state index in [4.69, 9.17) is 18.9 Å². The van der Waals surface area contributed by atoms with Crippen LogP contribution < -0.4 is 0 Å². The van der Waals surface area contributed by atoms with Crippen LogP contribution in [0.2, 0.25) is 0 Å². The second-order valence-electron chi connectivity index (χ2n) is 10.0. The quantitative estimate of drug-likeness (QED) is 0.443. The Morgan fingerprint density at radius 1 is 0.844 bits per heavy atom. The highest BCUT2D eigenvalue weighted by Gasteiger charge is 2.64. The van der Waals surface area contributed by atoms with Crippen LogP contribution in [0.5, 0.6) is 0 Å². The molecule has 1 spiro atoms. The highest BCUT2D eigenvalue weighted by molar-refractivity contribution is 5.66. The van der Waals surface area contributed by atoms with E-state index in [9.17, 15) is 4.79 Å². The van der Waals surface area contributed by atoms with E-state index in [2.05, 4.69) is 76.2 Å². The number of methoxy groups -OCH3 is 1. The lowest BCUT2D eigenvalue weighted by atomic mass is 9.70. The molecule has 0 N–H and O–H groups in total. The number of hydrogen-bond acceptors (Lipinski definition) is 5. The summed E-state index contributed by atoms with van der Waals surface area (Å²) in [5.41, 5.74) is 4.25. The number of carbonyl (C=O) groups excluding carboxylic acids is 1. The second-order valence-corrected chi connectivity index (χ2v) is 10.0. The van der Waals surface area contributed by atoms with Gasteiger partial charge in [0.05, 0.1) is 25.2 Å². The normalized spacial score (nSPS) is 24.2. The summed E-state index contributed by atoms with van der Waals surface area (Å²) < 4.78 is 21.9. The maximum absolute atomic E-state index is 12.8. The van der Waals surface area contributed by atoms with Crippen molar-refractivity contribution in [3.63, 3.8) is 0 Å². The van der Waals surface area contributed by atoms with Crippen molar-refractivity contribution in [3.8, 4) is 0 Å². The first-order valence-electron chi connectivity index (χ1n) is 11.4. The lowest BCUT2D eigenvalue weighted by Gasteiger charge is -2.39. The van der Waals surface area contributed by atoms with Crippen molar-refractivity contribution in [2.75, 3.05) is 33.5 Å². The van der Waals surface area contributed by atoms with Gasteiger partial charge in [0.2, 0.25) is 0 Å². The number of carbonyl (C=O) groups is 1. The predicted octanol–water partition coefficient (Wildman–Crippen LogP) is 5.13. The Morgan fingerprint density at radius 3 is 2.06 bits per heavy atom. The van der Waals surface area contributed by atoms with Gasteiger partial charge < -0.3 is 18.9 Å². The van der Waals surface area contributed by atoms with Crippen molar-refractivity contribution in [3.05, 3.63) is 70.8 Å². The first-order chi connectivity index (χ1) is 15.2. The number of rotatable bonds is 7. The minimum atomic E-state index is -0.646. The SMILES string of the molecule is COCCOCCOC(=O)OC1C(C)(C)c2ccccc2C12CC(C)(C)c1ccccc12. The molecule has 2 unspecified atom stereocenters. The number of fused-ring (bicyclic) bond motifs is 4. The predicted molar refractivity (Wildman–Crippen MR) is 123 cm³/mol. The molecule has 5 nitrogen and oxygen atoms in total. The average Bonchev–Trinajstić information content (AvgIpc) is 3.12. The fourth-order valence-electron chi connectivity index (χ4n) is 5.96. The van der Waals surface area contributed by atoms with E-state index in [1.165, 1.54) is 22.3 Å². The van der Waals surface area contributed by atoms with Crippen molar-refractivity contribution in [1.82, 2.24) is 0 Å². The van der Waals surface area contributed by atoms with Gasteiger partial charge in [-0.05, 0) is 34.1 Å². The molecule has 2 aliphatic carbocycles. The molecule has 0 aromatic heterocycles. The highest BCUT2D eigenvalue weighted by Crippen LogP contribution is 2.63. The zero-order valence-electron chi connectivity index (χ0n) is 19.8. The molecular formula is C27H34O5. The lowest BCUT2D eigenvalue weighted by Crippen LogP contribution is -2.46. The molecule has 32 heavy (non-hydrogen) atoms. The third-order valence-corrected chi connectivity index (χ3v) is 7.16. The summed E-state index contributed by atoms with van der Waals surface area (Å²) in [6, 6.07) is 17.1. The fourth-order valence-corrected chi connectivity index (χ4v) is 5.96. The van der Waals surface area contributed by atoms with Crippen LogP contribution in [0.25, 0.3) is 0 Å². The third-order valence-electron chi connectivity index (χ3n) is 7.16. The van der Waals surface area contributed by atoms with Crippen LogP contribution in [0.1, 0.15) is 56.4 Å². The summed E-state index contributed by atoms with van der Waals surface area (Å²) in [5, 5.41) is 0. The maximum atomic E-state index is 12.8. The molecule has 0 fully saturated rings. The summed E-state index contributed by atoms with van der Waals surface area (Å²) in [6.45, 7) is 10.3. The zero-order valence-corrected chi connectivity index (χ0v) is 19.8. The van der Waals surface area contributed by atoms with Crippen molar-refractivity contribution in [1.29, 1.82) is 0 Å². The van der Waals surface area contributed by atoms with Gasteiger partial charge in [0.1, 0.15) is 12.7 Å². The molecule has 0 radical (unpaired) electrons. The standard InChI is InChI=1S/C27H34O5/c1-25(2)18-27(21-12-8-6-10-19(21)25)22-13-9-7-11-20(22)26(3,4)23(27)32-24(28)31-17-16-30-15-14-29-5/h6-13,23H,14-18H2,1-5H3. The average molecular weight is 439 g/mol. The molecule has 2 aromatic rings. The molecule has 0 bridgehead atoms. The number of benzene rings is 2. The summed E-state index contributed by atoms with van der Waals surface area (Å²) in [4.78, 5) is 12.8. The van der Waals surface area contributed by atoms with E-state index in [-0.39, 0.29) is 23.5 Å². The molecule has 172 valence electrons. The Bertz CT molecular complexity index is 967. The van der Waals surface area contributed by atoms with Gasteiger partial charge in [0, 0.05) is 12.5 Å². The molecule has 0 amide bonds. The Balaban J connectivity index is 1.65. The lowest BCUT2D eigenvalue weighted by molar-refractivity contribution is -0.0327. The van der Waals surface area contributed by atoms with Crippen LogP contribution >= 0.6 is 0 Å². The van der Waals surface area contributed by atoms with Crippen LogP contribution in [0.3, 0.4) is 0 Å². The topological polar surface area (TPSA) is 54.0 Å². The largest absolute Gasteiger partial charge is 0.508 e. The second kappa shape index (κ2) is 8.53. The van der Waals surface area contributed by atoms with Gasteiger partial charge in [-0.1, -0.05) is 76.2 Å². The summed E-state index contributed by atoms with van der Waals surface area (Å²) >= 11 is 0. The third kappa shape index (κ3) is 3.61. The van der Waals surface area contributed by atoms with Crippen molar-refractivity contribution >= 4 is 6.16 Å². The molecule has 2 aliphatic rings. The van der Waals surface area contributed by atoms with Gasteiger partial charge in [-0.2, -0.15) is 0 Å². The monoisotopic (exact) mass is 438 g/mol. The smallest absolute Gasteiger partial charge is 0.432 e.